The van der Waals surface area contributed by atoms with Gasteiger partial charge in [-0.1, -0.05) is 37.8 Å². The second-order valence-corrected chi connectivity index (χ2v) is 12.0. The number of amides is 1. The van der Waals surface area contributed by atoms with E-state index in [4.69, 9.17) is 18.9 Å². The average Bonchev–Trinajstić information content (AvgIpc) is 3.55. The van der Waals surface area contributed by atoms with Crippen LogP contribution in [0, 0.1) is 5.92 Å². The quantitative estimate of drug-likeness (QED) is 0.293. The number of hydrogen-bond acceptors (Lipinski definition) is 11. The number of esters is 1. The van der Waals surface area contributed by atoms with Gasteiger partial charge in [-0.2, -0.15) is 28.1 Å². The van der Waals surface area contributed by atoms with Crippen molar-refractivity contribution in [2.75, 3.05) is 50.7 Å². The van der Waals surface area contributed by atoms with E-state index in [-0.39, 0.29) is 42.7 Å². The average molecular weight is 687 g/mol. The van der Waals surface area contributed by atoms with Crippen LogP contribution < -0.4 is 24.8 Å². The number of alkyl halides is 3. The molecule has 0 saturated carbocycles. The van der Waals surface area contributed by atoms with Crippen LogP contribution >= 0.6 is 0 Å². The summed E-state index contributed by atoms with van der Waals surface area (Å²) in [5.74, 6) is 0.472. The van der Waals surface area contributed by atoms with Crippen LogP contribution in [0.2, 0.25) is 0 Å². The number of carbonyl (C=O) groups excluding carboxylic acids is 2. The second kappa shape index (κ2) is 17.0. The first-order valence-electron chi connectivity index (χ1n) is 16.5. The van der Waals surface area contributed by atoms with E-state index >= 15 is 0 Å². The summed E-state index contributed by atoms with van der Waals surface area (Å²) >= 11 is 0. The molecule has 1 unspecified atom stereocenters. The van der Waals surface area contributed by atoms with Gasteiger partial charge in [0, 0.05) is 31.4 Å². The first-order chi connectivity index (χ1) is 23.6. The highest BCUT2D eigenvalue weighted by atomic mass is 19.4. The fraction of sp³-hybridized carbons (Fsp3) is 0.500. The number of fused-ring (bicyclic) bond motifs is 12. The van der Waals surface area contributed by atoms with Gasteiger partial charge in [0.25, 0.3) is 5.91 Å². The maximum atomic E-state index is 13.7. The number of benzene rings is 2. The van der Waals surface area contributed by atoms with Gasteiger partial charge in [-0.05, 0) is 55.0 Å². The molecule has 12 nitrogen and oxygen atoms in total. The molecule has 6 bridgehead atoms. The highest BCUT2D eigenvalue weighted by molar-refractivity contribution is 5.97. The minimum absolute atomic E-state index is 0.00589. The van der Waals surface area contributed by atoms with E-state index in [0.29, 0.717) is 49.7 Å². The molecule has 1 amide bonds. The van der Waals surface area contributed by atoms with Crippen molar-refractivity contribution in [3.05, 3.63) is 53.6 Å². The summed E-state index contributed by atoms with van der Waals surface area (Å²) in [6.45, 7) is 0.593. The Morgan fingerprint density at radius 2 is 1.65 bits per heavy atom. The van der Waals surface area contributed by atoms with Crippen LogP contribution in [-0.2, 0) is 16.1 Å². The standard InChI is InChI=1S/C34H41F3N6O6/c1-46-29(44)18-24-14-15-43(21-24)30(45)27-13-10-25-19-28(27)48-17-7-5-3-2-4-6-16-47-26-11-8-23(9-12-26)20-38-31-40-32(39-25)42-33(41-31)49-22-34(35,36)37/h8-13,19,24H,2-7,14-18,20-22H2,1H3,(H2,38,39,40,41,42). The van der Waals surface area contributed by atoms with Crippen molar-refractivity contribution in [2.45, 2.75) is 64.1 Å². The zero-order chi connectivity index (χ0) is 34.6. The Labute approximate surface area is 282 Å². The molecule has 1 fully saturated rings. The molecule has 1 saturated heterocycles. The lowest BCUT2D eigenvalue weighted by molar-refractivity contribution is -0.154. The number of methoxy groups -OCH3 is 1. The third-order valence-corrected chi connectivity index (χ3v) is 8.14. The van der Waals surface area contributed by atoms with Crippen LogP contribution in [0.3, 0.4) is 0 Å². The van der Waals surface area contributed by atoms with Crippen LogP contribution in [-0.4, -0.2) is 77.9 Å². The molecule has 2 N–H and O–H groups in total. The van der Waals surface area contributed by atoms with Crippen molar-refractivity contribution in [1.82, 2.24) is 19.9 Å². The lowest BCUT2D eigenvalue weighted by atomic mass is 10.1. The van der Waals surface area contributed by atoms with Gasteiger partial charge >= 0.3 is 18.2 Å². The molecule has 3 aliphatic heterocycles. The number of hydrogen-bond donors (Lipinski definition) is 2. The van der Waals surface area contributed by atoms with Crippen molar-refractivity contribution < 1.29 is 41.7 Å². The van der Waals surface area contributed by atoms with E-state index in [9.17, 15) is 22.8 Å². The van der Waals surface area contributed by atoms with Crippen LogP contribution in [0.1, 0.15) is 67.3 Å². The number of rotatable bonds is 5. The Kier molecular flexibility index (Phi) is 12.3. The molecule has 1 atom stereocenters. The van der Waals surface area contributed by atoms with E-state index in [1.807, 2.05) is 24.3 Å². The van der Waals surface area contributed by atoms with E-state index < -0.39 is 18.8 Å². The predicted molar refractivity (Wildman–Crippen MR) is 174 cm³/mol. The Morgan fingerprint density at radius 1 is 0.939 bits per heavy atom. The minimum atomic E-state index is -4.60. The van der Waals surface area contributed by atoms with Gasteiger partial charge in [0.1, 0.15) is 11.5 Å². The molecular weight excluding hydrogens is 645 g/mol. The van der Waals surface area contributed by atoms with Crippen molar-refractivity contribution >= 4 is 29.5 Å². The maximum absolute atomic E-state index is 13.7. The molecule has 3 aromatic rings. The Hall–Kier alpha value is -4.82. The van der Waals surface area contributed by atoms with E-state index in [1.54, 1.807) is 23.1 Å². The van der Waals surface area contributed by atoms with Gasteiger partial charge in [-0.25, -0.2) is 0 Å². The molecule has 0 aliphatic carbocycles. The van der Waals surface area contributed by atoms with Crippen molar-refractivity contribution in [2.24, 2.45) is 5.92 Å². The number of nitrogens with zero attached hydrogens (tertiary/aromatic N) is 4. The lowest BCUT2D eigenvalue weighted by Gasteiger charge is -2.20. The second-order valence-electron chi connectivity index (χ2n) is 12.0. The molecule has 4 heterocycles. The Bertz CT molecular complexity index is 1560. The number of likely N-dealkylation sites (tertiary alicyclic amines) is 1. The van der Waals surface area contributed by atoms with Gasteiger partial charge in [0.05, 0.1) is 32.3 Å². The lowest BCUT2D eigenvalue weighted by Crippen LogP contribution is -2.29. The maximum Gasteiger partial charge on any atom is 0.422 e. The summed E-state index contributed by atoms with van der Waals surface area (Å²) in [5, 5.41) is 6.01. The highest BCUT2D eigenvalue weighted by Crippen LogP contribution is 2.30. The van der Waals surface area contributed by atoms with Crippen LogP contribution in [0.5, 0.6) is 17.5 Å². The molecule has 15 heteroatoms. The Balaban J connectivity index is 1.39. The molecule has 2 aromatic carbocycles. The zero-order valence-corrected chi connectivity index (χ0v) is 27.4. The van der Waals surface area contributed by atoms with Gasteiger partial charge in [-0.15, -0.1) is 0 Å². The van der Waals surface area contributed by atoms with Crippen molar-refractivity contribution in [1.29, 1.82) is 0 Å². The summed E-state index contributed by atoms with van der Waals surface area (Å²) in [4.78, 5) is 39.6. The molecular formula is C34H41F3N6O6. The fourth-order valence-corrected chi connectivity index (χ4v) is 5.57. The summed E-state index contributed by atoms with van der Waals surface area (Å²) in [7, 11) is 1.34. The molecule has 3 aliphatic rings. The third kappa shape index (κ3) is 11.1. The smallest absolute Gasteiger partial charge is 0.422 e. The number of carbonyl (C=O) groups is 2. The molecule has 0 spiro atoms. The third-order valence-electron chi connectivity index (χ3n) is 8.14. The normalized spacial score (nSPS) is 17.6. The van der Waals surface area contributed by atoms with Crippen molar-refractivity contribution in [3.63, 3.8) is 0 Å². The largest absolute Gasteiger partial charge is 0.494 e. The predicted octanol–water partition coefficient (Wildman–Crippen LogP) is 6.31. The molecule has 264 valence electrons. The monoisotopic (exact) mass is 686 g/mol. The van der Waals surface area contributed by atoms with Gasteiger partial charge in [0.15, 0.2) is 6.61 Å². The van der Waals surface area contributed by atoms with Gasteiger partial charge in [-0.3, -0.25) is 9.59 Å². The minimum Gasteiger partial charge on any atom is -0.494 e. The van der Waals surface area contributed by atoms with Gasteiger partial charge in [0.2, 0.25) is 11.9 Å². The van der Waals surface area contributed by atoms with Crippen LogP contribution in [0.25, 0.3) is 0 Å². The highest BCUT2D eigenvalue weighted by Gasteiger charge is 2.31. The van der Waals surface area contributed by atoms with Gasteiger partial charge < -0.3 is 34.5 Å². The van der Waals surface area contributed by atoms with E-state index in [1.165, 1.54) is 7.11 Å². The first-order valence-corrected chi connectivity index (χ1v) is 16.5. The fourth-order valence-electron chi connectivity index (χ4n) is 5.57. The molecule has 49 heavy (non-hydrogen) atoms. The number of anilines is 3. The SMILES string of the molecule is COC(=O)CC1CCN(C(=O)c2ccc3cc2OCCCCCCCCOc2ccc(cc2)CNc2nc(nc(OCC(F)(F)F)n2)N3)C1. The van der Waals surface area contributed by atoms with E-state index in [0.717, 1.165) is 49.8 Å². The Morgan fingerprint density at radius 3 is 2.39 bits per heavy atom. The van der Waals surface area contributed by atoms with Crippen molar-refractivity contribution in [3.8, 4) is 17.5 Å². The van der Waals surface area contributed by atoms with E-state index in [2.05, 4.69) is 25.6 Å². The first kappa shape index (κ1) is 35.5. The number of aromatic nitrogens is 3. The summed E-state index contributed by atoms with van der Waals surface area (Å²) in [6.07, 6.45) is 2.14. The molecule has 1 aromatic heterocycles. The summed E-state index contributed by atoms with van der Waals surface area (Å²) in [6, 6.07) is 11.9. The molecule has 0 radical (unpaired) electrons. The summed E-state index contributed by atoms with van der Waals surface area (Å²) < 4.78 is 60.6. The topological polar surface area (TPSA) is 137 Å². The molecule has 6 rings (SSSR count). The van der Waals surface area contributed by atoms with Crippen LogP contribution in [0.15, 0.2) is 42.5 Å². The summed E-state index contributed by atoms with van der Waals surface area (Å²) in [5.41, 5.74) is 1.66. The van der Waals surface area contributed by atoms with Crippen LogP contribution in [0.4, 0.5) is 30.8 Å². The zero-order valence-electron chi connectivity index (χ0n) is 27.4. The number of nitrogens with one attached hydrogen (secondary N) is 2. The number of halogens is 3. The number of ether oxygens (including phenoxy) is 4.